The Kier molecular flexibility index (Phi) is 11.3. The molecule has 0 saturated carbocycles. The van der Waals surface area contributed by atoms with Gasteiger partial charge in [-0.25, -0.2) is 9.18 Å². The van der Waals surface area contributed by atoms with Gasteiger partial charge in [0.05, 0.1) is 39.5 Å². The number of aromatic carboxylic acids is 1. The highest BCUT2D eigenvalue weighted by atomic mass is 35.5. The van der Waals surface area contributed by atoms with Gasteiger partial charge < -0.3 is 28.8 Å². The predicted molar refractivity (Wildman–Crippen MR) is 188 cm³/mol. The van der Waals surface area contributed by atoms with Gasteiger partial charge in [-0.3, -0.25) is 15.0 Å². The van der Waals surface area contributed by atoms with Crippen molar-refractivity contribution in [2.75, 3.05) is 45.9 Å². The molecule has 0 spiro atoms. The molecule has 11 nitrogen and oxygen atoms in total. The number of carboxylic acids is 1. The lowest BCUT2D eigenvalue weighted by Gasteiger charge is -2.44. The number of anilines is 1. The molecule has 274 valence electrons. The van der Waals surface area contributed by atoms with E-state index in [1.54, 1.807) is 36.4 Å². The number of hydrogen-bond donors (Lipinski definition) is 1. The zero-order valence-corrected chi connectivity index (χ0v) is 30.3. The number of aromatic nitrogens is 1. The predicted octanol–water partition coefficient (Wildman–Crippen LogP) is 5.66. The molecule has 2 bridgehead atoms. The van der Waals surface area contributed by atoms with Crippen LogP contribution >= 0.6 is 23.2 Å². The van der Waals surface area contributed by atoms with Crippen LogP contribution in [0.5, 0.6) is 17.2 Å². The van der Waals surface area contributed by atoms with E-state index >= 15 is 4.39 Å². The van der Waals surface area contributed by atoms with Gasteiger partial charge in [-0.05, 0) is 79.2 Å². The molecule has 1 N–H and O–H groups in total. The summed E-state index contributed by atoms with van der Waals surface area (Å²) in [5.41, 5.74) is 1.68. The Balaban J connectivity index is 1.44. The van der Waals surface area contributed by atoms with E-state index in [1.165, 1.54) is 56.8 Å². The first-order chi connectivity index (χ1) is 25.0. The zero-order chi connectivity index (χ0) is 37.1. The summed E-state index contributed by atoms with van der Waals surface area (Å²) in [6.07, 6.45) is 3.37. The SMILES string of the molecule is COc1ccc(N(Cc2ccc(C(=O)[O-])c([C@@H](Cc3c(Cl)c[n+](O)cc3Cl)c3ccc(OC)c(OC)c3)c2)C(=O)O[C@H]2CN3CCC2CC3)c(F)c1. The molecule has 0 unspecified atom stereocenters. The number of nitrogens with zero attached hydrogens (tertiary/aromatic N) is 3. The number of amides is 1. The number of methoxy groups -OCH3 is 3. The Morgan fingerprint density at radius 3 is 2.29 bits per heavy atom. The van der Waals surface area contributed by atoms with Crippen LogP contribution in [0.3, 0.4) is 0 Å². The van der Waals surface area contributed by atoms with Gasteiger partial charge in [-0.1, -0.05) is 47.5 Å². The number of fused-ring (bicyclic) bond motifs is 3. The maximum atomic E-state index is 15.7. The molecule has 7 rings (SSSR count). The second-order valence-corrected chi connectivity index (χ2v) is 13.7. The number of piperidine rings is 3. The molecule has 1 amide bonds. The highest BCUT2D eigenvalue weighted by Gasteiger charge is 2.38. The van der Waals surface area contributed by atoms with Crippen LogP contribution in [0.15, 0.2) is 67.0 Å². The standard InChI is InChI=1S/C38H38Cl2FN3O8/c1-49-25-6-8-33(32(41)16-25)44(38(47)52-36-21-42-12-10-23(36)11-13-42)18-22-4-7-26(37(45)46)28(14-22)27(17-29-30(39)19-43(48)20-31(29)40)24-5-9-34(50-2)35(15-24)51-3/h4-9,14-16,19-20,23,27,36H,10-13,17-18,21H2,1-3H3,(H-,45,46,48)/t27-,36-/m0/s1. The van der Waals surface area contributed by atoms with Crippen LogP contribution in [0, 0.1) is 11.7 Å². The Bertz CT molecular complexity index is 1950. The molecule has 3 aromatic carbocycles. The van der Waals surface area contributed by atoms with E-state index in [1.807, 2.05) is 0 Å². The lowest BCUT2D eigenvalue weighted by molar-refractivity contribution is -0.904. The second kappa shape index (κ2) is 15.9. The summed E-state index contributed by atoms with van der Waals surface area (Å²) in [5, 5.41) is 23.0. The van der Waals surface area contributed by atoms with Crippen LogP contribution in [0.1, 0.15) is 51.4 Å². The van der Waals surface area contributed by atoms with Gasteiger partial charge in [0.25, 0.3) is 0 Å². The lowest BCUT2D eigenvalue weighted by Crippen LogP contribution is -2.53. The van der Waals surface area contributed by atoms with Crippen molar-refractivity contribution in [1.29, 1.82) is 0 Å². The molecular weight excluding hydrogens is 716 g/mol. The van der Waals surface area contributed by atoms with E-state index in [2.05, 4.69) is 4.90 Å². The van der Waals surface area contributed by atoms with Gasteiger partial charge in [0.2, 0.25) is 12.4 Å². The van der Waals surface area contributed by atoms with E-state index in [-0.39, 0.29) is 52.0 Å². The van der Waals surface area contributed by atoms with Crippen molar-refractivity contribution >= 4 is 41.0 Å². The van der Waals surface area contributed by atoms with Gasteiger partial charge in [0.15, 0.2) is 17.3 Å². The zero-order valence-electron chi connectivity index (χ0n) is 28.8. The minimum atomic E-state index is -1.44. The van der Waals surface area contributed by atoms with E-state index in [0.717, 1.165) is 30.7 Å². The summed E-state index contributed by atoms with van der Waals surface area (Å²) in [7, 11) is 4.40. The number of carbonyl (C=O) groups excluding carboxylic acids is 2. The smallest absolute Gasteiger partial charge is 0.415 e. The minimum Gasteiger partial charge on any atom is -0.545 e. The fraction of sp³-hybridized carbons (Fsp3) is 0.342. The Labute approximate surface area is 310 Å². The van der Waals surface area contributed by atoms with Crippen LogP contribution in [0.2, 0.25) is 10.0 Å². The van der Waals surface area contributed by atoms with Gasteiger partial charge in [-0.2, -0.15) is 0 Å². The lowest BCUT2D eigenvalue weighted by atomic mass is 9.82. The van der Waals surface area contributed by atoms with Crippen LogP contribution < -0.4 is 28.9 Å². The first-order valence-electron chi connectivity index (χ1n) is 16.7. The monoisotopic (exact) mass is 753 g/mol. The molecule has 4 aromatic rings. The molecule has 1 aromatic heterocycles. The number of benzene rings is 3. The van der Waals surface area contributed by atoms with E-state index in [4.69, 9.17) is 42.1 Å². The fourth-order valence-electron chi connectivity index (χ4n) is 7.10. The Morgan fingerprint density at radius 2 is 1.69 bits per heavy atom. The molecule has 0 aliphatic carbocycles. The van der Waals surface area contributed by atoms with E-state index in [0.29, 0.717) is 40.3 Å². The van der Waals surface area contributed by atoms with Gasteiger partial charge in [-0.15, -0.1) is 0 Å². The van der Waals surface area contributed by atoms with E-state index < -0.39 is 23.8 Å². The van der Waals surface area contributed by atoms with E-state index in [9.17, 15) is 19.9 Å². The molecule has 52 heavy (non-hydrogen) atoms. The third-order valence-corrected chi connectivity index (χ3v) is 10.5. The van der Waals surface area contributed by atoms with Gasteiger partial charge >= 0.3 is 6.09 Å². The molecule has 14 heteroatoms. The number of carbonyl (C=O) groups is 2. The average Bonchev–Trinajstić information content (AvgIpc) is 3.13. The third kappa shape index (κ3) is 7.84. The molecule has 2 atom stereocenters. The molecule has 4 heterocycles. The molecule has 0 radical (unpaired) electrons. The third-order valence-electron chi connectivity index (χ3n) is 9.85. The number of halogens is 3. The fourth-order valence-corrected chi connectivity index (χ4v) is 7.71. The quantitative estimate of drug-likeness (QED) is 0.144. The van der Waals surface area contributed by atoms with Crippen LogP contribution in [-0.4, -0.2) is 69.2 Å². The van der Waals surface area contributed by atoms with Crippen LogP contribution in [0.25, 0.3) is 0 Å². The minimum absolute atomic E-state index is 0.0331. The van der Waals surface area contributed by atoms with Crippen molar-refractivity contribution in [3.05, 3.63) is 111 Å². The molecule has 3 aliphatic heterocycles. The highest BCUT2D eigenvalue weighted by molar-refractivity contribution is 6.35. The van der Waals surface area contributed by atoms with Crippen molar-refractivity contribution in [2.45, 2.75) is 37.8 Å². The number of carboxylic acid groups (broad SMARTS) is 1. The summed E-state index contributed by atoms with van der Waals surface area (Å²) >= 11 is 13.1. The maximum Gasteiger partial charge on any atom is 0.415 e. The average molecular weight is 755 g/mol. The van der Waals surface area contributed by atoms with Crippen LogP contribution in [0.4, 0.5) is 14.9 Å². The second-order valence-electron chi connectivity index (χ2n) is 12.9. The van der Waals surface area contributed by atoms with Crippen molar-refractivity contribution in [3.63, 3.8) is 0 Å². The number of ether oxygens (including phenoxy) is 4. The van der Waals surface area contributed by atoms with Crippen LogP contribution in [-0.2, 0) is 17.7 Å². The van der Waals surface area contributed by atoms with Gasteiger partial charge in [0.1, 0.15) is 21.9 Å². The van der Waals surface area contributed by atoms with Gasteiger partial charge in [0, 0.05) is 34.4 Å². The molecular formula is C38H38Cl2FN3O8. The number of hydrogen-bond acceptors (Lipinski definition) is 9. The Hall–Kier alpha value is -4.78. The van der Waals surface area contributed by atoms with Crippen molar-refractivity contribution in [1.82, 2.24) is 4.90 Å². The largest absolute Gasteiger partial charge is 0.545 e. The number of rotatable bonds is 12. The summed E-state index contributed by atoms with van der Waals surface area (Å²) in [4.78, 5) is 30.1. The number of pyridine rings is 1. The van der Waals surface area contributed by atoms with Crippen molar-refractivity contribution < 1.29 is 48.0 Å². The molecule has 3 fully saturated rings. The summed E-state index contributed by atoms with van der Waals surface area (Å²) < 4.78 is 38.7. The summed E-state index contributed by atoms with van der Waals surface area (Å²) in [6, 6.07) is 13.9. The van der Waals surface area contributed by atoms with Crippen molar-refractivity contribution in [2.24, 2.45) is 5.92 Å². The molecule has 3 aliphatic rings. The molecule has 3 saturated heterocycles. The van der Waals surface area contributed by atoms with Crippen molar-refractivity contribution in [3.8, 4) is 17.2 Å². The summed E-state index contributed by atoms with van der Waals surface area (Å²) in [6.45, 7) is 2.33. The topological polar surface area (TPSA) is 125 Å². The first kappa shape index (κ1) is 37.0. The maximum absolute atomic E-state index is 15.7. The highest BCUT2D eigenvalue weighted by Crippen LogP contribution is 2.40. The summed E-state index contributed by atoms with van der Waals surface area (Å²) in [5.74, 6) is -1.54. The Morgan fingerprint density at radius 1 is 0.981 bits per heavy atom. The normalized spacial score (nSPS) is 18.4. The first-order valence-corrected chi connectivity index (χ1v) is 17.4.